The summed E-state index contributed by atoms with van der Waals surface area (Å²) >= 11 is 5.98. The van der Waals surface area contributed by atoms with Gasteiger partial charge in [0.2, 0.25) is 5.91 Å². The number of benzene rings is 1. The van der Waals surface area contributed by atoms with Crippen molar-refractivity contribution < 1.29 is 9.53 Å². The fourth-order valence-electron chi connectivity index (χ4n) is 2.42. The van der Waals surface area contributed by atoms with E-state index in [1.807, 2.05) is 25.1 Å². The zero-order chi connectivity index (χ0) is 17.1. The Morgan fingerprint density at radius 3 is 2.74 bits per heavy atom. The highest BCUT2D eigenvalue weighted by atomic mass is 35.5. The Balaban J connectivity index is 2.17. The molecule has 0 unspecified atom stereocenters. The molecule has 0 bridgehead atoms. The first-order valence-electron chi connectivity index (χ1n) is 8.72. The van der Waals surface area contributed by atoms with Gasteiger partial charge < -0.3 is 10.1 Å². The van der Waals surface area contributed by atoms with E-state index < -0.39 is 0 Å². The summed E-state index contributed by atoms with van der Waals surface area (Å²) in [5.41, 5.74) is 1.000. The van der Waals surface area contributed by atoms with E-state index in [9.17, 15) is 4.79 Å². The van der Waals surface area contributed by atoms with E-state index >= 15 is 0 Å². The molecule has 1 aromatic carbocycles. The Labute approximate surface area is 145 Å². The summed E-state index contributed by atoms with van der Waals surface area (Å²) < 4.78 is 5.65. The predicted octanol–water partition coefficient (Wildman–Crippen LogP) is 5.14. The average molecular weight is 340 g/mol. The Kier molecular flexibility index (Phi) is 9.77. The van der Waals surface area contributed by atoms with Gasteiger partial charge in [-0.2, -0.15) is 0 Å². The van der Waals surface area contributed by atoms with E-state index in [1.54, 1.807) is 0 Å². The van der Waals surface area contributed by atoms with Crippen LogP contribution in [0.25, 0.3) is 0 Å². The molecule has 130 valence electrons. The quantitative estimate of drug-likeness (QED) is 0.567. The maximum atomic E-state index is 11.9. The molecule has 0 aromatic heterocycles. The van der Waals surface area contributed by atoms with Crippen molar-refractivity contribution in [1.82, 2.24) is 5.32 Å². The maximum absolute atomic E-state index is 11.9. The number of nitrogens with one attached hydrogen (secondary N) is 1. The lowest BCUT2D eigenvalue weighted by molar-refractivity contribution is -0.121. The van der Waals surface area contributed by atoms with Crippen LogP contribution in [0.15, 0.2) is 18.2 Å². The third-order valence-corrected chi connectivity index (χ3v) is 4.50. The van der Waals surface area contributed by atoms with Crippen LogP contribution in [0.4, 0.5) is 0 Å². The smallest absolute Gasteiger partial charge is 0.220 e. The molecule has 0 aliphatic carbocycles. The maximum Gasteiger partial charge on any atom is 0.220 e. The van der Waals surface area contributed by atoms with E-state index in [1.165, 1.54) is 19.3 Å². The second-order valence-electron chi connectivity index (χ2n) is 6.08. The second-order valence-corrected chi connectivity index (χ2v) is 6.49. The normalized spacial score (nSPS) is 12.0. The van der Waals surface area contributed by atoms with Crippen LogP contribution in [0.2, 0.25) is 5.02 Å². The summed E-state index contributed by atoms with van der Waals surface area (Å²) in [6, 6.07) is 5.61. The molecule has 1 atom stereocenters. The number of rotatable bonds is 11. The summed E-state index contributed by atoms with van der Waals surface area (Å²) in [5.74, 6) is 1.53. The first kappa shape index (κ1) is 19.8. The minimum Gasteiger partial charge on any atom is -0.494 e. The SMILES string of the molecule is CCCC[C@@H](CC)CNC(=O)CCCOc1ccc(Cl)c(C)c1. The Morgan fingerprint density at radius 1 is 1.30 bits per heavy atom. The minimum absolute atomic E-state index is 0.121. The topological polar surface area (TPSA) is 38.3 Å². The van der Waals surface area contributed by atoms with Crippen molar-refractivity contribution in [3.63, 3.8) is 0 Å². The molecular formula is C19H30ClNO2. The molecule has 3 nitrogen and oxygen atoms in total. The standard InChI is InChI=1S/C19H30ClNO2/c1-4-6-8-16(5-2)14-21-19(22)9-7-12-23-17-10-11-18(20)15(3)13-17/h10-11,13,16H,4-9,12,14H2,1-3H3,(H,21,22)/t16-/m1/s1. The number of hydrogen-bond acceptors (Lipinski definition) is 2. The third-order valence-electron chi connectivity index (χ3n) is 4.08. The molecule has 1 aromatic rings. The lowest BCUT2D eigenvalue weighted by atomic mass is 9.99. The molecule has 0 aliphatic rings. The largest absolute Gasteiger partial charge is 0.494 e. The van der Waals surface area contributed by atoms with Crippen LogP contribution < -0.4 is 10.1 Å². The van der Waals surface area contributed by atoms with Crippen LogP contribution in [-0.4, -0.2) is 19.1 Å². The summed E-state index contributed by atoms with van der Waals surface area (Å²) in [4.78, 5) is 11.9. The number of ether oxygens (including phenoxy) is 1. The molecule has 0 heterocycles. The fourth-order valence-corrected chi connectivity index (χ4v) is 2.54. The number of unbranched alkanes of at least 4 members (excludes halogenated alkanes) is 1. The number of amides is 1. The zero-order valence-electron chi connectivity index (χ0n) is 14.7. The monoisotopic (exact) mass is 339 g/mol. The Bertz CT molecular complexity index is 476. The first-order valence-corrected chi connectivity index (χ1v) is 9.10. The summed E-state index contributed by atoms with van der Waals surface area (Å²) in [6.07, 6.45) is 6.01. The van der Waals surface area contributed by atoms with Crippen molar-refractivity contribution in [2.75, 3.05) is 13.2 Å². The van der Waals surface area contributed by atoms with Crippen LogP contribution >= 0.6 is 11.6 Å². The van der Waals surface area contributed by atoms with Gasteiger partial charge in [0, 0.05) is 18.0 Å². The number of carbonyl (C=O) groups excluding carboxylic acids is 1. The predicted molar refractivity (Wildman–Crippen MR) is 97.2 cm³/mol. The highest BCUT2D eigenvalue weighted by molar-refractivity contribution is 6.31. The van der Waals surface area contributed by atoms with Gasteiger partial charge in [-0.3, -0.25) is 4.79 Å². The van der Waals surface area contributed by atoms with Gasteiger partial charge in [0.1, 0.15) is 5.75 Å². The lowest BCUT2D eigenvalue weighted by Crippen LogP contribution is -2.29. The molecule has 1 rings (SSSR count). The van der Waals surface area contributed by atoms with Gasteiger partial charge in [-0.05, 0) is 49.4 Å². The molecule has 0 saturated carbocycles. The van der Waals surface area contributed by atoms with E-state index in [2.05, 4.69) is 19.2 Å². The lowest BCUT2D eigenvalue weighted by Gasteiger charge is -2.15. The Hall–Kier alpha value is -1.22. The summed E-state index contributed by atoms with van der Waals surface area (Å²) in [5, 5.41) is 3.79. The number of aryl methyl sites for hydroxylation is 1. The average Bonchev–Trinajstić information content (AvgIpc) is 2.55. The highest BCUT2D eigenvalue weighted by Gasteiger charge is 2.08. The van der Waals surface area contributed by atoms with Crippen molar-refractivity contribution in [2.24, 2.45) is 5.92 Å². The van der Waals surface area contributed by atoms with Crippen molar-refractivity contribution in [3.05, 3.63) is 28.8 Å². The van der Waals surface area contributed by atoms with Crippen molar-refractivity contribution in [2.45, 2.75) is 59.3 Å². The van der Waals surface area contributed by atoms with Gasteiger partial charge in [0.25, 0.3) is 0 Å². The van der Waals surface area contributed by atoms with Gasteiger partial charge in [-0.15, -0.1) is 0 Å². The van der Waals surface area contributed by atoms with Gasteiger partial charge in [0.15, 0.2) is 0 Å². The summed E-state index contributed by atoms with van der Waals surface area (Å²) in [6.45, 7) is 7.68. The first-order chi connectivity index (χ1) is 11.1. The number of carbonyl (C=O) groups is 1. The van der Waals surface area contributed by atoms with E-state index in [4.69, 9.17) is 16.3 Å². The molecule has 0 aliphatic heterocycles. The number of hydrogen-bond donors (Lipinski definition) is 1. The van der Waals surface area contributed by atoms with Gasteiger partial charge >= 0.3 is 0 Å². The fraction of sp³-hybridized carbons (Fsp3) is 0.632. The second kappa shape index (κ2) is 11.3. The molecule has 0 spiro atoms. The van der Waals surface area contributed by atoms with E-state index in [0.717, 1.165) is 35.7 Å². The third kappa shape index (κ3) is 8.26. The van der Waals surface area contributed by atoms with Crippen molar-refractivity contribution >= 4 is 17.5 Å². The molecule has 4 heteroatoms. The van der Waals surface area contributed by atoms with Crippen LogP contribution in [0.5, 0.6) is 5.75 Å². The van der Waals surface area contributed by atoms with E-state index in [0.29, 0.717) is 18.9 Å². The molecule has 23 heavy (non-hydrogen) atoms. The molecule has 0 fully saturated rings. The van der Waals surface area contributed by atoms with Gasteiger partial charge in [-0.1, -0.05) is 44.7 Å². The van der Waals surface area contributed by atoms with Crippen LogP contribution in [0.3, 0.4) is 0 Å². The van der Waals surface area contributed by atoms with Gasteiger partial charge in [0.05, 0.1) is 6.61 Å². The molecule has 0 saturated heterocycles. The molecule has 0 radical (unpaired) electrons. The van der Waals surface area contributed by atoms with E-state index in [-0.39, 0.29) is 5.91 Å². The van der Waals surface area contributed by atoms with Crippen molar-refractivity contribution in [3.8, 4) is 5.75 Å². The molecule has 1 N–H and O–H groups in total. The number of halogens is 1. The minimum atomic E-state index is 0.121. The summed E-state index contributed by atoms with van der Waals surface area (Å²) in [7, 11) is 0. The molecular weight excluding hydrogens is 310 g/mol. The highest BCUT2D eigenvalue weighted by Crippen LogP contribution is 2.21. The zero-order valence-corrected chi connectivity index (χ0v) is 15.4. The van der Waals surface area contributed by atoms with Crippen molar-refractivity contribution in [1.29, 1.82) is 0 Å². The van der Waals surface area contributed by atoms with Crippen LogP contribution in [-0.2, 0) is 4.79 Å². The molecule has 1 amide bonds. The van der Waals surface area contributed by atoms with Gasteiger partial charge in [-0.25, -0.2) is 0 Å². The van der Waals surface area contributed by atoms with Crippen LogP contribution in [0.1, 0.15) is 57.9 Å². The van der Waals surface area contributed by atoms with Crippen LogP contribution in [0, 0.1) is 12.8 Å². The Morgan fingerprint density at radius 2 is 2.09 bits per heavy atom.